The van der Waals surface area contributed by atoms with Crippen LogP contribution >= 0.6 is 0 Å². The Morgan fingerprint density at radius 3 is 1.67 bits per heavy atom. The second-order valence-corrected chi connectivity index (χ2v) is 15.2. The molecule has 1 atom stereocenters. The minimum absolute atomic E-state index is 0.363. The van der Waals surface area contributed by atoms with Crippen molar-refractivity contribution in [2.24, 2.45) is 0 Å². The van der Waals surface area contributed by atoms with Crippen molar-refractivity contribution in [3.05, 3.63) is 216 Å². The van der Waals surface area contributed by atoms with Crippen LogP contribution in [0.3, 0.4) is 0 Å². The first-order chi connectivity index (χ1) is 28.2. The first-order valence-corrected chi connectivity index (χ1v) is 19.6. The molecule has 57 heavy (non-hydrogen) atoms. The Labute approximate surface area is 330 Å². The average Bonchev–Trinajstić information content (AvgIpc) is 3.63. The maximum absolute atomic E-state index is 4.97. The fourth-order valence-electron chi connectivity index (χ4n) is 9.67. The van der Waals surface area contributed by atoms with Gasteiger partial charge in [-0.25, -0.2) is 15.0 Å². The second kappa shape index (κ2) is 12.3. The second-order valence-electron chi connectivity index (χ2n) is 15.2. The lowest BCUT2D eigenvalue weighted by Gasteiger charge is -2.45. The van der Waals surface area contributed by atoms with Gasteiger partial charge in [-0.05, 0) is 63.1 Å². The van der Waals surface area contributed by atoms with Gasteiger partial charge in [0.25, 0.3) is 0 Å². The topological polar surface area (TPSA) is 43.6 Å². The molecular formula is C53H34N4. The van der Waals surface area contributed by atoms with E-state index >= 15 is 0 Å². The molecule has 1 unspecified atom stereocenters. The molecule has 1 spiro atoms. The van der Waals surface area contributed by atoms with Gasteiger partial charge in [0, 0.05) is 27.5 Å². The van der Waals surface area contributed by atoms with E-state index in [0.717, 1.165) is 28.7 Å². The van der Waals surface area contributed by atoms with Crippen LogP contribution in [0.2, 0.25) is 0 Å². The first-order valence-electron chi connectivity index (χ1n) is 19.6. The Bertz CT molecular complexity index is 3140. The molecular weight excluding hydrogens is 693 g/mol. The lowest BCUT2D eigenvalue weighted by Crippen LogP contribution is -2.38. The van der Waals surface area contributed by atoms with E-state index in [0.29, 0.717) is 17.5 Å². The van der Waals surface area contributed by atoms with Crippen LogP contribution in [0.5, 0.6) is 0 Å². The smallest absolute Gasteiger partial charge is 0.164 e. The summed E-state index contributed by atoms with van der Waals surface area (Å²) in [5.41, 5.74) is 16.7. The maximum atomic E-state index is 4.97. The summed E-state index contributed by atoms with van der Waals surface area (Å²) >= 11 is 0. The predicted octanol–water partition coefficient (Wildman–Crippen LogP) is 12.5. The molecule has 0 amide bonds. The number of aromatic nitrogens is 4. The molecule has 1 aliphatic heterocycles. The summed E-state index contributed by atoms with van der Waals surface area (Å²) in [5, 5.41) is 2.60. The minimum Gasteiger partial charge on any atom is -0.309 e. The summed E-state index contributed by atoms with van der Waals surface area (Å²) in [5.74, 6) is 1.97. The van der Waals surface area contributed by atoms with E-state index in [1.54, 1.807) is 0 Å². The Morgan fingerprint density at radius 1 is 0.386 bits per heavy atom. The molecule has 0 fully saturated rings. The highest BCUT2D eigenvalue weighted by Crippen LogP contribution is 2.57. The van der Waals surface area contributed by atoms with Gasteiger partial charge in [-0.1, -0.05) is 182 Å². The molecule has 10 aromatic rings. The third kappa shape index (κ3) is 4.71. The van der Waals surface area contributed by atoms with Gasteiger partial charge in [0.1, 0.15) is 0 Å². The zero-order chi connectivity index (χ0) is 37.5. The number of rotatable bonds is 4. The fourth-order valence-corrected chi connectivity index (χ4v) is 9.67. The molecule has 2 aromatic heterocycles. The molecule has 0 radical (unpaired) electrons. The summed E-state index contributed by atoms with van der Waals surface area (Å²) in [4.78, 5) is 14.8. The van der Waals surface area contributed by atoms with Gasteiger partial charge in [0.2, 0.25) is 0 Å². The molecule has 4 nitrogen and oxygen atoms in total. The number of nitrogens with zero attached hydrogens (tertiary/aromatic N) is 4. The summed E-state index contributed by atoms with van der Waals surface area (Å²) in [6.45, 7) is 0. The van der Waals surface area contributed by atoms with E-state index in [1.165, 1.54) is 66.4 Å². The zero-order valence-electron chi connectivity index (χ0n) is 31.0. The van der Waals surface area contributed by atoms with Gasteiger partial charge in [0.15, 0.2) is 17.5 Å². The molecule has 1 aliphatic carbocycles. The quantitative estimate of drug-likeness (QED) is 0.181. The van der Waals surface area contributed by atoms with Gasteiger partial charge in [-0.15, -0.1) is 0 Å². The van der Waals surface area contributed by atoms with E-state index < -0.39 is 0 Å². The Kier molecular flexibility index (Phi) is 6.87. The molecule has 0 saturated carbocycles. The van der Waals surface area contributed by atoms with Crippen LogP contribution in [0, 0.1) is 0 Å². The Balaban J connectivity index is 0.994. The largest absolute Gasteiger partial charge is 0.309 e. The SMILES string of the molecule is c1ccc(-c2nc(-c3ccccc3)nc(-c3ccc(-c4ccc5c(c4)CC4(c6ccccc6-5)c5ccccc5-n5c6ccccc6c6cccc4c65)cc3)n2)cc1. The third-order valence-corrected chi connectivity index (χ3v) is 12.2. The highest BCUT2D eigenvalue weighted by Gasteiger charge is 2.47. The van der Waals surface area contributed by atoms with Crippen LogP contribution in [0.1, 0.15) is 22.3 Å². The lowest BCUT2D eigenvalue weighted by molar-refractivity contribution is 0.598. The van der Waals surface area contributed by atoms with E-state index in [2.05, 4.69) is 138 Å². The Hall–Kier alpha value is -7.43. The zero-order valence-corrected chi connectivity index (χ0v) is 31.0. The van der Waals surface area contributed by atoms with Crippen molar-refractivity contribution < 1.29 is 0 Å². The van der Waals surface area contributed by atoms with Crippen molar-refractivity contribution in [2.45, 2.75) is 11.8 Å². The summed E-state index contributed by atoms with van der Waals surface area (Å²) < 4.78 is 2.51. The van der Waals surface area contributed by atoms with E-state index in [4.69, 9.17) is 15.0 Å². The number of hydrogen-bond acceptors (Lipinski definition) is 3. The molecule has 4 heteroatoms. The van der Waals surface area contributed by atoms with Crippen molar-refractivity contribution in [1.82, 2.24) is 19.5 Å². The van der Waals surface area contributed by atoms with Crippen molar-refractivity contribution in [3.8, 4) is 62.1 Å². The standard InChI is InChI=1S/C53H34N4/c1-3-14-35(15-4-1)50-54-51(36-16-5-2-6-17-36)56-52(55-50)37-28-26-34(27-29-37)38-30-31-40-39(32-38)33-53(44-21-9-7-18-41(40)44)45-22-10-12-25-48(45)57-47-24-11-8-19-42(47)43-20-13-23-46(53)49(43)57/h1-32H,33H2. The fraction of sp³-hybridized carbons (Fsp3) is 0.0377. The van der Waals surface area contributed by atoms with Crippen molar-refractivity contribution >= 4 is 21.8 Å². The molecule has 2 aliphatic rings. The molecule has 0 N–H and O–H groups in total. The van der Waals surface area contributed by atoms with Gasteiger partial charge in [0.05, 0.1) is 22.1 Å². The molecule has 0 saturated heterocycles. The minimum atomic E-state index is -0.363. The number of fused-ring (bicyclic) bond motifs is 11. The van der Waals surface area contributed by atoms with Crippen LogP contribution < -0.4 is 0 Å². The summed E-state index contributed by atoms with van der Waals surface area (Å²) in [7, 11) is 0. The van der Waals surface area contributed by atoms with Gasteiger partial charge >= 0.3 is 0 Å². The average molecular weight is 727 g/mol. The molecule has 8 aromatic carbocycles. The van der Waals surface area contributed by atoms with Crippen LogP contribution in [0.4, 0.5) is 0 Å². The number of hydrogen-bond donors (Lipinski definition) is 0. The number of benzene rings is 8. The Morgan fingerprint density at radius 2 is 0.930 bits per heavy atom. The van der Waals surface area contributed by atoms with Gasteiger partial charge in [-0.3, -0.25) is 0 Å². The monoisotopic (exact) mass is 726 g/mol. The van der Waals surface area contributed by atoms with Crippen molar-refractivity contribution in [3.63, 3.8) is 0 Å². The van der Waals surface area contributed by atoms with Crippen LogP contribution in [-0.2, 0) is 11.8 Å². The molecule has 266 valence electrons. The van der Waals surface area contributed by atoms with Gasteiger partial charge < -0.3 is 4.57 Å². The highest BCUT2D eigenvalue weighted by molar-refractivity contribution is 6.12. The normalized spacial score (nSPS) is 15.0. The number of para-hydroxylation sites is 3. The first kappa shape index (κ1) is 31.9. The van der Waals surface area contributed by atoms with E-state index in [9.17, 15) is 0 Å². The summed E-state index contributed by atoms with van der Waals surface area (Å²) in [6.07, 6.45) is 0.859. The lowest BCUT2D eigenvalue weighted by atomic mass is 9.59. The molecule has 12 rings (SSSR count). The maximum Gasteiger partial charge on any atom is 0.164 e. The highest BCUT2D eigenvalue weighted by atomic mass is 15.0. The van der Waals surface area contributed by atoms with E-state index in [1.807, 2.05) is 60.7 Å². The third-order valence-electron chi connectivity index (χ3n) is 12.2. The molecule has 0 bridgehead atoms. The molecule has 3 heterocycles. The van der Waals surface area contributed by atoms with Gasteiger partial charge in [-0.2, -0.15) is 0 Å². The van der Waals surface area contributed by atoms with Crippen molar-refractivity contribution in [2.75, 3.05) is 0 Å². The van der Waals surface area contributed by atoms with Crippen LogP contribution in [0.15, 0.2) is 194 Å². The predicted molar refractivity (Wildman–Crippen MR) is 231 cm³/mol. The van der Waals surface area contributed by atoms with E-state index in [-0.39, 0.29) is 5.41 Å². The van der Waals surface area contributed by atoms with Crippen molar-refractivity contribution in [1.29, 1.82) is 0 Å². The van der Waals surface area contributed by atoms with Crippen LogP contribution in [0.25, 0.3) is 83.9 Å². The summed E-state index contributed by atoms with van der Waals surface area (Å²) in [6, 6.07) is 69.9. The van der Waals surface area contributed by atoms with Crippen LogP contribution in [-0.4, -0.2) is 19.5 Å².